The van der Waals surface area contributed by atoms with Crippen LogP contribution in [-0.4, -0.2) is 49.1 Å². The average molecular weight is 312 g/mol. The molecule has 0 bridgehead atoms. The first kappa shape index (κ1) is 16.1. The first-order valence-electron chi connectivity index (χ1n) is 6.97. The highest BCUT2D eigenvalue weighted by Crippen LogP contribution is 2.19. The predicted molar refractivity (Wildman–Crippen MR) is 83.2 cm³/mol. The van der Waals surface area contributed by atoms with E-state index in [1.165, 1.54) is 13.2 Å². The van der Waals surface area contributed by atoms with Crippen LogP contribution in [-0.2, 0) is 11.3 Å². The van der Waals surface area contributed by atoms with Crippen LogP contribution in [0.25, 0.3) is 0 Å². The Hall–Kier alpha value is -1.27. The Morgan fingerprint density at radius 2 is 2.38 bits per heavy atom. The molecular weight excluding hydrogens is 291 g/mol. The summed E-state index contributed by atoms with van der Waals surface area (Å²) in [5, 5.41) is 3.35. The number of carbonyl (C=O) groups is 1. The van der Waals surface area contributed by atoms with Crippen molar-refractivity contribution in [3.63, 3.8) is 0 Å². The molecule has 4 nitrogen and oxygen atoms in total. The number of rotatable bonds is 5. The van der Waals surface area contributed by atoms with Crippen LogP contribution in [0.15, 0.2) is 18.2 Å². The smallest absolute Gasteiger partial charge is 0.224 e. The molecule has 116 valence electrons. The molecule has 21 heavy (non-hydrogen) atoms. The molecule has 0 aliphatic carbocycles. The van der Waals surface area contributed by atoms with Gasteiger partial charge in [0.1, 0.15) is 0 Å². The standard InChI is InChI=1S/C15H21FN2O2S/c1-18(15(19)8-12-10-21-6-5-17-12)9-11-3-4-14(20-2)13(16)7-11/h3-4,7,12,17H,5-6,8-10H2,1-2H3. The van der Waals surface area contributed by atoms with Gasteiger partial charge in [-0.3, -0.25) is 4.79 Å². The molecule has 1 atom stereocenters. The van der Waals surface area contributed by atoms with Gasteiger partial charge in [-0.2, -0.15) is 11.8 Å². The molecule has 1 N–H and O–H groups in total. The number of benzene rings is 1. The van der Waals surface area contributed by atoms with Crippen LogP contribution in [0.2, 0.25) is 0 Å². The minimum atomic E-state index is -0.402. The maximum Gasteiger partial charge on any atom is 0.224 e. The van der Waals surface area contributed by atoms with E-state index in [1.54, 1.807) is 24.1 Å². The number of ether oxygens (including phenoxy) is 1. The Morgan fingerprint density at radius 3 is 3.00 bits per heavy atom. The zero-order chi connectivity index (χ0) is 15.2. The second-order valence-corrected chi connectivity index (χ2v) is 6.30. The van der Waals surface area contributed by atoms with E-state index in [9.17, 15) is 9.18 Å². The summed E-state index contributed by atoms with van der Waals surface area (Å²) in [6, 6.07) is 5.02. The van der Waals surface area contributed by atoms with Crippen LogP contribution in [0.5, 0.6) is 5.75 Å². The summed E-state index contributed by atoms with van der Waals surface area (Å²) in [5.74, 6) is 1.96. The SMILES string of the molecule is COc1ccc(CN(C)C(=O)CC2CSCCN2)cc1F. The number of hydrogen-bond acceptors (Lipinski definition) is 4. The summed E-state index contributed by atoms with van der Waals surface area (Å²) in [6.07, 6.45) is 0.488. The van der Waals surface area contributed by atoms with Crippen molar-refractivity contribution in [2.75, 3.05) is 32.2 Å². The Morgan fingerprint density at radius 1 is 1.57 bits per heavy atom. The maximum absolute atomic E-state index is 13.6. The number of hydrogen-bond donors (Lipinski definition) is 1. The van der Waals surface area contributed by atoms with E-state index in [0.717, 1.165) is 23.6 Å². The van der Waals surface area contributed by atoms with Crippen LogP contribution in [0.3, 0.4) is 0 Å². The second-order valence-electron chi connectivity index (χ2n) is 5.15. The quantitative estimate of drug-likeness (QED) is 0.901. The van der Waals surface area contributed by atoms with Gasteiger partial charge in [0.25, 0.3) is 0 Å². The predicted octanol–water partition coefficient (Wildman–Crippen LogP) is 1.89. The van der Waals surface area contributed by atoms with E-state index in [4.69, 9.17) is 4.74 Å². The van der Waals surface area contributed by atoms with Crippen molar-refractivity contribution >= 4 is 17.7 Å². The van der Waals surface area contributed by atoms with Crippen molar-refractivity contribution in [3.05, 3.63) is 29.6 Å². The molecule has 0 radical (unpaired) electrons. The molecule has 0 spiro atoms. The van der Waals surface area contributed by atoms with Gasteiger partial charge in [0.05, 0.1) is 7.11 Å². The normalized spacial score (nSPS) is 18.3. The number of amides is 1. The van der Waals surface area contributed by atoms with Crippen molar-refractivity contribution < 1.29 is 13.9 Å². The van der Waals surface area contributed by atoms with Gasteiger partial charge in [0.15, 0.2) is 11.6 Å². The number of halogens is 1. The lowest BCUT2D eigenvalue weighted by molar-refractivity contribution is -0.130. The van der Waals surface area contributed by atoms with E-state index in [-0.39, 0.29) is 17.7 Å². The molecule has 0 aromatic heterocycles. The minimum Gasteiger partial charge on any atom is -0.494 e. The highest BCUT2D eigenvalue weighted by molar-refractivity contribution is 7.99. The van der Waals surface area contributed by atoms with Gasteiger partial charge in [-0.1, -0.05) is 6.07 Å². The molecule has 1 aromatic carbocycles. The molecule has 1 aliphatic heterocycles. The molecule has 1 heterocycles. The fourth-order valence-corrected chi connectivity index (χ4v) is 3.24. The second kappa shape index (κ2) is 7.66. The van der Waals surface area contributed by atoms with Crippen molar-refractivity contribution in [2.45, 2.75) is 19.0 Å². The Kier molecular flexibility index (Phi) is 5.87. The lowest BCUT2D eigenvalue weighted by atomic mass is 10.1. The number of nitrogens with zero attached hydrogens (tertiary/aromatic N) is 1. The maximum atomic E-state index is 13.6. The Balaban J connectivity index is 1.89. The van der Waals surface area contributed by atoms with E-state index < -0.39 is 5.82 Å². The van der Waals surface area contributed by atoms with Crippen LogP contribution in [0.1, 0.15) is 12.0 Å². The van der Waals surface area contributed by atoms with E-state index in [0.29, 0.717) is 13.0 Å². The van der Waals surface area contributed by atoms with Crippen LogP contribution in [0, 0.1) is 5.82 Å². The molecule has 1 aliphatic rings. The van der Waals surface area contributed by atoms with Gasteiger partial charge in [0, 0.05) is 44.1 Å². The van der Waals surface area contributed by atoms with Gasteiger partial charge in [-0.15, -0.1) is 0 Å². The first-order chi connectivity index (χ1) is 10.1. The molecule has 2 rings (SSSR count). The zero-order valence-electron chi connectivity index (χ0n) is 12.4. The molecule has 1 unspecified atom stereocenters. The zero-order valence-corrected chi connectivity index (χ0v) is 13.2. The van der Waals surface area contributed by atoms with Crippen LogP contribution < -0.4 is 10.1 Å². The van der Waals surface area contributed by atoms with Crippen LogP contribution >= 0.6 is 11.8 Å². The molecule has 0 saturated carbocycles. The molecule has 1 saturated heterocycles. The molecule has 6 heteroatoms. The highest BCUT2D eigenvalue weighted by Gasteiger charge is 2.19. The summed E-state index contributed by atoms with van der Waals surface area (Å²) >= 11 is 1.87. The first-order valence-corrected chi connectivity index (χ1v) is 8.13. The summed E-state index contributed by atoms with van der Waals surface area (Å²) in [4.78, 5) is 13.8. The topological polar surface area (TPSA) is 41.6 Å². The summed E-state index contributed by atoms with van der Waals surface area (Å²) in [7, 11) is 3.18. The summed E-state index contributed by atoms with van der Waals surface area (Å²) in [6.45, 7) is 1.36. The summed E-state index contributed by atoms with van der Waals surface area (Å²) in [5.41, 5.74) is 0.759. The van der Waals surface area contributed by atoms with E-state index in [1.807, 2.05) is 11.8 Å². The summed E-state index contributed by atoms with van der Waals surface area (Å²) < 4.78 is 18.5. The average Bonchev–Trinajstić information content (AvgIpc) is 2.48. The molecule has 1 amide bonds. The molecule has 1 fully saturated rings. The van der Waals surface area contributed by atoms with Crippen molar-refractivity contribution in [2.24, 2.45) is 0 Å². The third kappa shape index (κ3) is 4.61. The van der Waals surface area contributed by atoms with Crippen molar-refractivity contribution in [1.82, 2.24) is 10.2 Å². The fraction of sp³-hybridized carbons (Fsp3) is 0.533. The van der Waals surface area contributed by atoms with Gasteiger partial charge < -0.3 is 15.0 Å². The largest absolute Gasteiger partial charge is 0.494 e. The minimum absolute atomic E-state index is 0.0752. The van der Waals surface area contributed by atoms with Gasteiger partial charge in [-0.05, 0) is 17.7 Å². The van der Waals surface area contributed by atoms with E-state index >= 15 is 0 Å². The third-order valence-corrected chi connectivity index (χ3v) is 4.61. The van der Waals surface area contributed by atoms with Crippen molar-refractivity contribution in [3.8, 4) is 5.75 Å². The third-order valence-electron chi connectivity index (χ3n) is 3.48. The van der Waals surface area contributed by atoms with Gasteiger partial charge >= 0.3 is 0 Å². The number of carbonyl (C=O) groups excluding carboxylic acids is 1. The monoisotopic (exact) mass is 312 g/mol. The van der Waals surface area contributed by atoms with Gasteiger partial charge in [-0.25, -0.2) is 4.39 Å². The Bertz CT molecular complexity index is 493. The van der Waals surface area contributed by atoms with E-state index in [2.05, 4.69) is 5.32 Å². The van der Waals surface area contributed by atoms with Crippen molar-refractivity contribution in [1.29, 1.82) is 0 Å². The number of methoxy groups -OCH3 is 1. The lowest BCUT2D eigenvalue weighted by Crippen LogP contribution is -2.41. The molecule has 1 aromatic rings. The molecular formula is C15H21FN2O2S. The highest BCUT2D eigenvalue weighted by atomic mass is 32.2. The number of nitrogens with one attached hydrogen (secondary N) is 1. The lowest BCUT2D eigenvalue weighted by Gasteiger charge is -2.25. The number of thioether (sulfide) groups is 1. The fourth-order valence-electron chi connectivity index (χ4n) is 2.29. The van der Waals surface area contributed by atoms with Crippen LogP contribution in [0.4, 0.5) is 4.39 Å². The Labute approximate surface area is 129 Å². The van der Waals surface area contributed by atoms with Gasteiger partial charge in [0.2, 0.25) is 5.91 Å².